The number of hydrogen-bond donors (Lipinski definition) is 1. The second kappa shape index (κ2) is 5.56. The second-order valence-electron chi connectivity index (χ2n) is 3.09. The van der Waals surface area contributed by atoms with Gasteiger partial charge in [0.2, 0.25) is 0 Å². The molecule has 1 rings (SSSR count). The summed E-state index contributed by atoms with van der Waals surface area (Å²) in [5, 5.41) is 20.0. The Labute approximate surface area is 88.6 Å². The van der Waals surface area contributed by atoms with Gasteiger partial charge >= 0.3 is 0 Å². The van der Waals surface area contributed by atoms with Crippen molar-refractivity contribution in [1.82, 2.24) is 0 Å². The molecule has 0 aliphatic carbocycles. The highest BCUT2D eigenvalue weighted by Crippen LogP contribution is 2.26. The van der Waals surface area contributed by atoms with E-state index in [2.05, 4.69) is 12.3 Å². The predicted molar refractivity (Wildman–Crippen MR) is 58.2 cm³/mol. The number of thiocyanates is 1. The van der Waals surface area contributed by atoms with E-state index < -0.39 is 0 Å². The fourth-order valence-corrected chi connectivity index (χ4v) is 1.80. The summed E-state index contributed by atoms with van der Waals surface area (Å²) in [7, 11) is 0. The van der Waals surface area contributed by atoms with Crippen molar-refractivity contribution in [1.29, 1.82) is 5.26 Å². The van der Waals surface area contributed by atoms with Gasteiger partial charge in [-0.2, -0.15) is 5.26 Å². The molecule has 1 N–H and O–H groups in total. The highest BCUT2D eigenvalue weighted by atomic mass is 32.2. The lowest BCUT2D eigenvalue weighted by atomic mass is 10.1. The van der Waals surface area contributed by atoms with Crippen molar-refractivity contribution >= 4 is 11.8 Å². The number of thioether (sulfide) groups is 1. The molecule has 2 nitrogen and oxygen atoms in total. The number of phenolic OH excluding ortho intramolecular Hbond substituents is 1. The fraction of sp³-hybridized carbons (Fsp3) is 0.364. The zero-order valence-corrected chi connectivity index (χ0v) is 8.97. The van der Waals surface area contributed by atoms with Crippen LogP contribution in [0, 0.1) is 10.7 Å². The SMILES string of the molecule is CCCCc1cc(O)ccc1SC#N. The molecule has 0 aliphatic rings. The molecular weight excluding hydrogens is 194 g/mol. The van der Waals surface area contributed by atoms with Crippen molar-refractivity contribution in [3.63, 3.8) is 0 Å². The Hall–Kier alpha value is -1.14. The van der Waals surface area contributed by atoms with E-state index in [1.54, 1.807) is 18.2 Å². The highest BCUT2D eigenvalue weighted by Gasteiger charge is 2.03. The molecule has 0 bridgehead atoms. The van der Waals surface area contributed by atoms with Crippen molar-refractivity contribution in [2.45, 2.75) is 31.1 Å². The minimum absolute atomic E-state index is 0.276. The molecule has 0 amide bonds. The van der Waals surface area contributed by atoms with E-state index in [1.807, 2.05) is 0 Å². The van der Waals surface area contributed by atoms with Crippen LogP contribution in [0.3, 0.4) is 0 Å². The predicted octanol–water partition coefficient (Wildman–Crippen LogP) is 3.31. The molecule has 0 heterocycles. The van der Waals surface area contributed by atoms with Gasteiger partial charge in [0.1, 0.15) is 11.2 Å². The number of unbranched alkanes of at least 4 members (excludes halogenated alkanes) is 1. The first-order valence-electron chi connectivity index (χ1n) is 4.65. The first kappa shape index (κ1) is 10.9. The summed E-state index contributed by atoms with van der Waals surface area (Å²) in [5.74, 6) is 0.276. The third-order valence-electron chi connectivity index (χ3n) is 2.00. The zero-order chi connectivity index (χ0) is 10.4. The Balaban J connectivity index is 2.86. The van der Waals surface area contributed by atoms with Crippen LogP contribution in [0.15, 0.2) is 23.1 Å². The molecule has 1 aromatic rings. The van der Waals surface area contributed by atoms with E-state index in [9.17, 15) is 5.11 Å². The number of aryl methyl sites for hydroxylation is 1. The Morgan fingerprint density at radius 1 is 1.50 bits per heavy atom. The minimum Gasteiger partial charge on any atom is -0.508 e. The molecule has 74 valence electrons. The smallest absolute Gasteiger partial charge is 0.138 e. The van der Waals surface area contributed by atoms with Crippen LogP contribution in [0.2, 0.25) is 0 Å². The van der Waals surface area contributed by atoms with Crippen LogP contribution in [0.4, 0.5) is 0 Å². The molecule has 0 unspecified atom stereocenters. The molecule has 0 radical (unpaired) electrons. The van der Waals surface area contributed by atoms with Gasteiger partial charge in [-0.3, -0.25) is 0 Å². The van der Waals surface area contributed by atoms with Crippen molar-refractivity contribution in [2.75, 3.05) is 0 Å². The van der Waals surface area contributed by atoms with Crippen LogP contribution in [-0.2, 0) is 6.42 Å². The zero-order valence-electron chi connectivity index (χ0n) is 8.16. The summed E-state index contributed by atoms with van der Waals surface area (Å²) in [6.45, 7) is 2.12. The van der Waals surface area contributed by atoms with Gasteiger partial charge in [0, 0.05) is 4.90 Å². The maximum absolute atomic E-state index is 9.31. The summed E-state index contributed by atoms with van der Waals surface area (Å²) >= 11 is 1.16. The van der Waals surface area contributed by atoms with E-state index in [4.69, 9.17) is 5.26 Å². The van der Waals surface area contributed by atoms with Crippen molar-refractivity contribution in [3.05, 3.63) is 23.8 Å². The van der Waals surface area contributed by atoms with E-state index in [0.29, 0.717) is 0 Å². The first-order valence-corrected chi connectivity index (χ1v) is 5.47. The standard InChI is InChI=1S/C11H13NOS/c1-2-3-4-9-7-10(13)5-6-11(9)14-8-12/h5-7,13H,2-4H2,1H3. The Morgan fingerprint density at radius 3 is 2.93 bits per heavy atom. The molecule has 0 aromatic heterocycles. The Kier molecular flexibility index (Phi) is 4.34. The van der Waals surface area contributed by atoms with Gasteiger partial charge < -0.3 is 5.11 Å². The monoisotopic (exact) mass is 207 g/mol. The molecule has 0 atom stereocenters. The van der Waals surface area contributed by atoms with E-state index >= 15 is 0 Å². The Morgan fingerprint density at radius 2 is 2.29 bits per heavy atom. The number of benzene rings is 1. The van der Waals surface area contributed by atoms with Crippen LogP contribution in [0.1, 0.15) is 25.3 Å². The number of phenols is 1. The average Bonchev–Trinajstić information content (AvgIpc) is 2.18. The molecule has 0 spiro atoms. The van der Waals surface area contributed by atoms with E-state index in [1.165, 1.54) is 0 Å². The van der Waals surface area contributed by atoms with Gasteiger partial charge in [0.15, 0.2) is 0 Å². The lowest BCUT2D eigenvalue weighted by molar-refractivity contribution is 0.473. The lowest BCUT2D eigenvalue weighted by Gasteiger charge is -2.05. The quantitative estimate of drug-likeness (QED) is 0.608. The number of aromatic hydroxyl groups is 1. The third kappa shape index (κ3) is 2.97. The van der Waals surface area contributed by atoms with Crippen LogP contribution in [-0.4, -0.2) is 5.11 Å². The van der Waals surface area contributed by atoms with Crippen LogP contribution < -0.4 is 0 Å². The molecule has 3 heteroatoms. The highest BCUT2D eigenvalue weighted by molar-refractivity contribution is 8.03. The maximum atomic E-state index is 9.31. The summed E-state index contributed by atoms with van der Waals surface area (Å²) < 4.78 is 0. The molecule has 0 fully saturated rings. The van der Waals surface area contributed by atoms with Crippen LogP contribution >= 0.6 is 11.8 Å². The fourth-order valence-electron chi connectivity index (χ4n) is 1.28. The van der Waals surface area contributed by atoms with Gasteiger partial charge in [-0.25, -0.2) is 0 Å². The number of rotatable bonds is 4. The third-order valence-corrected chi connectivity index (χ3v) is 2.71. The minimum atomic E-state index is 0.276. The first-order chi connectivity index (χ1) is 6.77. The van der Waals surface area contributed by atoms with Crippen LogP contribution in [0.25, 0.3) is 0 Å². The van der Waals surface area contributed by atoms with Gasteiger partial charge in [-0.1, -0.05) is 13.3 Å². The van der Waals surface area contributed by atoms with E-state index in [0.717, 1.165) is 41.5 Å². The summed E-state index contributed by atoms with van der Waals surface area (Å²) in [6.07, 6.45) is 3.13. The van der Waals surface area contributed by atoms with Gasteiger partial charge in [-0.15, -0.1) is 0 Å². The van der Waals surface area contributed by atoms with Crippen LogP contribution in [0.5, 0.6) is 5.75 Å². The molecule has 0 saturated heterocycles. The van der Waals surface area contributed by atoms with Crippen molar-refractivity contribution in [3.8, 4) is 11.2 Å². The van der Waals surface area contributed by atoms with Gasteiger partial charge in [0.25, 0.3) is 0 Å². The summed E-state index contributed by atoms with van der Waals surface area (Å²) in [4.78, 5) is 0.957. The van der Waals surface area contributed by atoms with Gasteiger partial charge in [-0.05, 0) is 48.4 Å². The maximum Gasteiger partial charge on any atom is 0.138 e. The molecule has 1 aromatic carbocycles. The van der Waals surface area contributed by atoms with Crippen molar-refractivity contribution < 1.29 is 5.11 Å². The summed E-state index contributed by atoms with van der Waals surface area (Å²) in [6, 6.07) is 5.17. The molecule has 0 saturated carbocycles. The molecule has 14 heavy (non-hydrogen) atoms. The van der Waals surface area contributed by atoms with Gasteiger partial charge in [0.05, 0.1) is 0 Å². The molecule has 0 aliphatic heterocycles. The second-order valence-corrected chi connectivity index (χ2v) is 3.92. The average molecular weight is 207 g/mol. The lowest BCUT2D eigenvalue weighted by Crippen LogP contribution is -1.87. The number of nitriles is 1. The summed E-state index contributed by atoms with van der Waals surface area (Å²) in [5.41, 5.74) is 1.07. The normalized spacial score (nSPS) is 9.71. The number of hydrogen-bond acceptors (Lipinski definition) is 3. The van der Waals surface area contributed by atoms with Crippen molar-refractivity contribution in [2.24, 2.45) is 0 Å². The number of nitrogens with zero attached hydrogens (tertiary/aromatic N) is 1. The van der Waals surface area contributed by atoms with E-state index in [-0.39, 0.29) is 5.75 Å². The largest absolute Gasteiger partial charge is 0.508 e. The Bertz CT molecular complexity index is 344. The molecular formula is C11H13NOS. The topological polar surface area (TPSA) is 44.0 Å².